The van der Waals surface area contributed by atoms with Gasteiger partial charge in [-0.3, -0.25) is 4.79 Å². The van der Waals surface area contributed by atoms with Crippen molar-refractivity contribution in [2.45, 2.75) is 6.61 Å². The summed E-state index contributed by atoms with van der Waals surface area (Å²) in [4.78, 5) is 12.0. The van der Waals surface area contributed by atoms with Gasteiger partial charge in [0.05, 0.1) is 24.3 Å². The van der Waals surface area contributed by atoms with E-state index in [1.165, 1.54) is 6.21 Å². The third kappa shape index (κ3) is 7.25. The molecule has 0 atom stereocenters. The first-order chi connectivity index (χ1) is 15.4. The quantitative estimate of drug-likeness (QED) is 0.240. The van der Waals surface area contributed by atoms with E-state index in [1.807, 2.05) is 30.3 Å². The van der Waals surface area contributed by atoms with E-state index in [9.17, 15) is 4.79 Å². The number of rotatable bonds is 9. The number of halogens is 3. The Hall–Kier alpha value is -2.55. The maximum atomic E-state index is 12.0. The van der Waals surface area contributed by atoms with E-state index in [-0.39, 0.29) is 12.5 Å². The molecule has 0 aliphatic carbocycles. The van der Waals surface area contributed by atoms with Crippen LogP contribution in [0.2, 0.25) is 5.02 Å². The number of amides is 1. The summed E-state index contributed by atoms with van der Waals surface area (Å²) in [7, 11) is 1.57. The van der Waals surface area contributed by atoms with Crippen molar-refractivity contribution in [3.05, 3.63) is 85.8 Å². The molecule has 0 saturated heterocycles. The standard InChI is InChI=1S/C23H20Br2ClN3O3/c1-31-21-11-16(10-20(25)23(21)32-14-15-2-4-17(24)5-3-15)12-28-29-22(30)13-27-19-8-6-18(26)7-9-19/h2-12,27H,13-14H2,1H3,(H,29,30)/b28-12-. The lowest BCUT2D eigenvalue weighted by Crippen LogP contribution is -2.25. The molecule has 0 aromatic heterocycles. The molecule has 0 aliphatic heterocycles. The average molecular weight is 582 g/mol. The predicted octanol–water partition coefficient (Wildman–Crippen LogP) is 6.01. The summed E-state index contributed by atoms with van der Waals surface area (Å²) in [5.41, 5.74) is 5.04. The summed E-state index contributed by atoms with van der Waals surface area (Å²) >= 11 is 12.8. The smallest absolute Gasteiger partial charge is 0.259 e. The Morgan fingerprint density at radius 2 is 1.81 bits per heavy atom. The van der Waals surface area contributed by atoms with Crippen LogP contribution in [0.4, 0.5) is 5.69 Å². The van der Waals surface area contributed by atoms with Crippen LogP contribution in [0.3, 0.4) is 0 Å². The Morgan fingerprint density at radius 1 is 1.09 bits per heavy atom. The molecule has 0 spiro atoms. The van der Waals surface area contributed by atoms with Gasteiger partial charge in [-0.15, -0.1) is 0 Å². The number of anilines is 1. The second kappa shape index (κ2) is 11.9. The van der Waals surface area contributed by atoms with Crippen LogP contribution >= 0.6 is 43.5 Å². The molecule has 0 saturated carbocycles. The number of carbonyl (C=O) groups is 1. The number of nitrogens with zero attached hydrogens (tertiary/aromatic N) is 1. The van der Waals surface area contributed by atoms with E-state index < -0.39 is 0 Å². The first kappa shape index (κ1) is 24.1. The number of benzene rings is 3. The summed E-state index contributed by atoms with van der Waals surface area (Å²) < 4.78 is 13.1. The van der Waals surface area contributed by atoms with E-state index in [0.29, 0.717) is 27.6 Å². The van der Waals surface area contributed by atoms with E-state index in [0.717, 1.165) is 21.3 Å². The van der Waals surface area contributed by atoms with Gasteiger partial charge in [0.2, 0.25) is 0 Å². The minimum absolute atomic E-state index is 0.0782. The molecule has 32 heavy (non-hydrogen) atoms. The van der Waals surface area contributed by atoms with Gasteiger partial charge in [0.25, 0.3) is 5.91 Å². The summed E-state index contributed by atoms with van der Waals surface area (Å²) in [6, 6.07) is 18.6. The summed E-state index contributed by atoms with van der Waals surface area (Å²) in [6.07, 6.45) is 1.53. The van der Waals surface area contributed by atoms with Crippen LogP contribution in [0.1, 0.15) is 11.1 Å². The monoisotopic (exact) mass is 579 g/mol. The molecular weight excluding hydrogens is 562 g/mol. The molecule has 0 heterocycles. The molecule has 1 amide bonds. The molecule has 0 bridgehead atoms. The van der Waals surface area contributed by atoms with Crippen LogP contribution in [0, 0.1) is 0 Å². The normalized spacial score (nSPS) is 10.8. The van der Waals surface area contributed by atoms with Crippen molar-refractivity contribution < 1.29 is 14.3 Å². The molecule has 0 fully saturated rings. The SMILES string of the molecule is COc1cc(/C=N\NC(=O)CNc2ccc(Cl)cc2)cc(Br)c1OCc1ccc(Br)cc1. The fourth-order valence-corrected chi connectivity index (χ4v) is 3.62. The third-order valence-corrected chi connectivity index (χ3v) is 5.62. The largest absolute Gasteiger partial charge is 0.493 e. The van der Waals surface area contributed by atoms with Crippen LogP contribution in [0.25, 0.3) is 0 Å². The van der Waals surface area contributed by atoms with Gasteiger partial charge in [-0.2, -0.15) is 5.10 Å². The summed E-state index contributed by atoms with van der Waals surface area (Å²) in [6.45, 7) is 0.473. The first-order valence-corrected chi connectivity index (χ1v) is 11.5. The minimum Gasteiger partial charge on any atom is -0.493 e. The zero-order valence-electron chi connectivity index (χ0n) is 17.1. The van der Waals surface area contributed by atoms with E-state index in [2.05, 4.69) is 47.7 Å². The Balaban J connectivity index is 1.57. The Kier molecular flexibility index (Phi) is 8.96. The molecule has 9 heteroatoms. The van der Waals surface area contributed by atoms with Gasteiger partial charge < -0.3 is 14.8 Å². The Labute approximate surface area is 208 Å². The molecule has 0 radical (unpaired) electrons. The van der Waals surface area contributed by atoms with Crippen LogP contribution in [0.15, 0.2) is 74.7 Å². The molecule has 0 unspecified atom stereocenters. The fraction of sp³-hybridized carbons (Fsp3) is 0.130. The minimum atomic E-state index is -0.281. The van der Waals surface area contributed by atoms with Crippen LogP contribution in [0.5, 0.6) is 11.5 Å². The highest BCUT2D eigenvalue weighted by molar-refractivity contribution is 9.10. The molecule has 6 nitrogen and oxygen atoms in total. The molecular formula is C23H20Br2ClN3O3. The van der Waals surface area contributed by atoms with Crippen LogP contribution in [-0.2, 0) is 11.4 Å². The Bertz CT molecular complexity index is 1090. The molecule has 3 aromatic carbocycles. The lowest BCUT2D eigenvalue weighted by molar-refractivity contribution is -0.119. The lowest BCUT2D eigenvalue weighted by Gasteiger charge is -2.13. The topological polar surface area (TPSA) is 72.0 Å². The van der Waals surface area contributed by atoms with Crippen molar-refractivity contribution >= 4 is 61.3 Å². The third-order valence-electron chi connectivity index (χ3n) is 4.25. The zero-order valence-corrected chi connectivity index (χ0v) is 21.0. The first-order valence-electron chi connectivity index (χ1n) is 9.50. The maximum absolute atomic E-state index is 12.0. The number of nitrogens with one attached hydrogen (secondary N) is 2. The second-order valence-corrected chi connectivity index (χ2v) is 8.81. The lowest BCUT2D eigenvalue weighted by atomic mass is 10.2. The van der Waals surface area contributed by atoms with Crippen molar-refractivity contribution in [2.75, 3.05) is 19.0 Å². The van der Waals surface area contributed by atoms with E-state index >= 15 is 0 Å². The van der Waals surface area contributed by atoms with Gasteiger partial charge in [0.15, 0.2) is 11.5 Å². The van der Waals surface area contributed by atoms with E-state index in [1.54, 1.807) is 37.4 Å². The molecule has 3 aromatic rings. The molecule has 2 N–H and O–H groups in total. The van der Waals surface area contributed by atoms with Crippen molar-refractivity contribution in [1.29, 1.82) is 0 Å². The van der Waals surface area contributed by atoms with E-state index in [4.69, 9.17) is 21.1 Å². The summed E-state index contributed by atoms with van der Waals surface area (Å²) in [5, 5.41) is 7.64. The van der Waals surface area contributed by atoms with Gasteiger partial charge >= 0.3 is 0 Å². The summed E-state index contributed by atoms with van der Waals surface area (Å²) in [5.74, 6) is 0.856. The van der Waals surface area contributed by atoms with Crippen molar-refractivity contribution in [1.82, 2.24) is 5.43 Å². The zero-order chi connectivity index (χ0) is 22.9. The maximum Gasteiger partial charge on any atom is 0.259 e. The van der Waals surface area contributed by atoms with Crippen molar-refractivity contribution in [3.63, 3.8) is 0 Å². The number of methoxy groups -OCH3 is 1. The van der Waals surface area contributed by atoms with Crippen molar-refractivity contribution in [2.24, 2.45) is 5.10 Å². The van der Waals surface area contributed by atoms with Gasteiger partial charge in [-0.25, -0.2) is 5.43 Å². The molecule has 0 aliphatic rings. The van der Waals surface area contributed by atoms with Gasteiger partial charge in [-0.05, 0) is 75.6 Å². The Morgan fingerprint density at radius 3 is 2.50 bits per heavy atom. The van der Waals surface area contributed by atoms with Gasteiger partial charge in [-0.1, -0.05) is 39.7 Å². The number of hydrogen-bond donors (Lipinski definition) is 2. The molecule has 3 rings (SSSR count). The fourth-order valence-electron chi connectivity index (χ4n) is 2.66. The average Bonchev–Trinajstić information content (AvgIpc) is 2.79. The highest BCUT2D eigenvalue weighted by Gasteiger charge is 2.12. The van der Waals surface area contributed by atoms with Crippen LogP contribution < -0.4 is 20.2 Å². The number of ether oxygens (including phenoxy) is 2. The highest BCUT2D eigenvalue weighted by Crippen LogP contribution is 2.36. The number of hydrazone groups is 1. The number of hydrogen-bond acceptors (Lipinski definition) is 5. The van der Waals surface area contributed by atoms with Crippen molar-refractivity contribution in [3.8, 4) is 11.5 Å². The van der Waals surface area contributed by atoms with Gasteiger partial charge in [0, 0.05) is 15.2 Å². The predicted molar refractivity (Wildman–Crippen MR) is 135 cm³/mol. The van der Waals surface area contributed by atoms with Gasteiger partial charge in [0.1, 0.15) is 6.61 Å². The van der Waals surface area contributed by atoms with Crippen LogP contribution in [-0.4, -0.2) is 25.8 Å². The second-order valence-electron chi connectivity index (χ2n) is 6.60. The molecule has 166 valence electrons. The highest BCUT2D eigenvalue weighted by atomic mass is 79.9. The number of carbonyl (C=O) groups excluding carboxylic acids is 1.